The number of hydrogen-bond donors (Lipinski definition) is 2. The topological polar surface area (TPSA) is 49.7 Å². The van der Waals surface area contributed by atoms with Crippen LogP contribution in [0.1, 0.15) is 35.4 Å². The number of hydrogen-bond acceptors (Lipinski definition) is 3. The third-order valence-electron chi connectivity index (χ3n) is 4.34. The molecule has 2 atom stereocenters. The Balaban J connectivity index is 1.93. The summed E-state index contributed by atoms with van der Waals surface area (Å²) in [6.45, 7) is 1.95. The summed E-state index contributed by atoms with van der Waals surface area (Å²) in [6, 6.07) is 22.4. The molecule has 140 valence electrons. The second-order valence-electron chi connectivity index (χ2n) is 6.24. The average molecular weight is 406 g/mol. The van der Waals surface area contributed by atoms with Crippen LogP contribution in [0, 0.1) is 0 Å². The van der Waals surface area contributed by atoms with E-state index < -0.39 is 13.9 Å². The van der Waals surface area contributed by atoms with E-state index in [0.717, 1.165) is 5.56 Å². The van der Waals surface area contributed by atoms with Crippen LogP contribution in [0.15, 0.2) is 78.9 Å². The number of rotatable bonds is 6. The van der Waals surface area contributed by atoms with Crippen molar-refractivity contribution in [3.63, 3.8) is 0 Å². The summed E-state index contributed by atoms with van der Waals surface area (Å²) in [7, 11) is -4.36. The highest BCUT2D eigenvalue weighted by atomic mass is 35.5. The van der Waals surface area contributed by atoms with Crippen molar-refractivity contribution in [2.75, 3.05) is 0 Å². The molecule has 2 N–H and O–H groups in total. The van der Waals surface area contributed by atoms with Crippen LogP contribution in [0.3, 0.4) is 0 Å². The normalized spacial score (nSPS) is 13.8. The van der Waals surface area contributed by atoms with E-state index in [1.165, 1.54) is 18.2 Å². The lowest BCUT2D eigenvalue weighted by molar-refractivity contribution is 0.272. The molecule has 0 bridgehead atoms. The Hall–Kier alpha value is -1.97. The first kappa shape index (κ1) is 19.8. The van der Waals surface area contributed by atoms with Gasteiger partial charge in [-0.25, -0.2) is 0 Å². The minimum atomic E-state index is -4.36. The van der Waals surface area contributed by atoms with Gasteiger partial charge >= 0.3 is 13.9 Å². The maximum Gasteiger partial charge on any atom is 0.491 e. The van der Waals surface area contributed by atoms with Crippen LogP contribution in [-0.2, 0) is 0 Å². The molecule has 0 saturated carbocycles. The van der Waals surface area contributed by atoms with E-state index in [9.17, 15) is 14.2 Å². The van der Waals surface area contributed by atoms with Crippen LogP contribution < -0.4 is 4.52 Å². The highest BCUT2D eigenvalue weighted by Gasteiger charge is 2.50. The number of benzene rings is 3. The Morgan fingerprint density at radius 2 is 1.44 bits per heavy atom. The highest BCUT2D eigenvalue weighted by Crippen LogP contribution is 2.64. The monoisotopic (exact) mass is 405 g/mol. The van der Waals surface area contributed by atoms with Gasteiger partial charge in [-0.15, -0.1) is 0 Å². The van der Waals surface area contributed by atoms with Gasteiger partial charge in [-0.3, -0.25) is 4.52 Å². The molecule has 2 unspecified atom stereocenters. The Morgan fingerprint density at radius 1 is 0.889 bits per heavy atom. The van der Waals surface area contributed by atoms with Crippen molar-refractivity contribution >= 4 is 19.5 Å². The molecule has 3 aromatic rings. The number of halogens is 2. The summed E-state index contributed by atoms with van der Waals surface area (Å²) >= 11 is 6.13. The third-order valence-corrected chi connectivity index (χ3v) is 5.93. The van der Waals surface area contributed by atoms with Crippen molar-refractivity contribution in [1.29, 1.82) is 0 Å². The second kappa shape index (κ2) is 8.37. The lowest BCUT2D eigenvalue weighted by Gasteiger charge is -2.20. The minimum Gasteiger partial charge on any atom is -0.283 e. The van der Waals surface area contributed by atoms with Gasteiger partial charge in [0.05, 0.1) is 0 Å². The summed E-state index contributed by atoms with van der Waals surface area (Å²) in [6.07, 6.45) is 0. The standard InChI is InChI=1S/C21H20ClFO3P/c1-15(16-8-4-2-5-9-16)19-14-18(22)12-13-20(19)26-27(24,25)21(23)17-10-6-3-7-11-17/h2-15,21,24-25H,1H3/q+1. The molecule has 0 spiro atoms. The summed E-state index contributed by atoms with van der Waals surface area (Å²) < 4.78 is 20.2. The van der Waals surface area contributed by atoms with Crippen LogP contribution in [0.5, 0.6) is 5.75 Å². The Kier molecular flexibility index (Phi) is 6.13. The van der Waals surface area contributed by atoms with Crippen molar-refractivity contribution in [2.45, 2.75) is 18.8 Å². The first-order valence-corrected chi connectivity index (χ1v) is 10.5. The first-order valence-electron chi connectivity index (χ1n) is 8.45. The Labute approximate surface area is 163 Å². The highest BCUT2D eigenvalue weighted by molar-refractivity contribution is 7.60. The lowest BCUT2D eigenvalue weighted by atomic mass is 9.92. The fraction of sp³-hybridized carbons (Fsp3) is 0.143. The van der Waals surface area contributed by atoms with Crippen LogP contribution >= 0.6 is 19.5 Å². The molecule has 0 aliphatic heterocycles. The van der Waals surface area contributed by atoms with Crippen molar-refractivity contribution in [2.24, 2.45) is 0 Å². The Bertz CT molecular complexity index is 890. The second-order valence-corrected chi connectivity index (χ2v) is 8.49. The fourth-order valence-electron chi connectivity index (χ4n) is 2.86. The van der Waals surface area contributed by atoms with Crippen LogP contribution in [0.2, 0.25) is 5.02 Å². The quantitative estimate of drug-likeness (QED) is 0.474. The molecule has 6 heteroatoms. The van der Waals surface area contributed by atoms with E-state index in [1.807, 2.05) is 37.3 Å². The molecule has 0 aliphatic carbocycles. The molecule has 0 fully saturated rings. The smallest absolute Gasteiger partial charge is 0.283 e. The average Bonchev–Trinajstić information content (AvgIpc) is 2.69. The van der Waals surface area contributed by atoms with E-state index in [1.54, 1.807) is 30.3 Å². The van der Waals surface area contributed by atoms with E-state index in [4.69, 9.17) is 16.1 Å². The van der Waals surface area contributed by atoms with Gasteiger partial charge in [0.2, 0.25) is 0 Å². The molecule has 3 aromatic carbocycles. The van der Waals surface area contributed by atoms with Gasteiger partial charge < -0.3 is 0 Å². The molecule has 0 heterocycles. The van der Waals surface area contributed by atoms with Crippen LogP contribution in [0.4, 0.5) is 4.39 Å². The molecular formula is C21H20ClFO3P+. The molecular weight excluding hydrogens is 386 g/mol. The van der Waals surface area contributed by atoms with Gasteiger partial charge in [0.15, 0.2) is 5.75 Å². The van der Waals surface area contributed by atoms with Crippen molar-refractivity contribution in [1.82, 2.24) is 0 Å². The van der Waals surface area contributed by atoms with Crippen molar-refractivity contribution < 1.29 is 18.7 Å². The van der Waals surface area contributed by atoms with Gasteiger partial charge in [0.1, 0.15) is 0 Å². The van der Waals surface area contributed by atoms with E-state index in [0.29, 0.717) is 10.6 Å². The maximum atomic E-state index is 14.7. The molecule has 0 amide bonds. The van der Waals surface area contributed by atoms with Gasteiger partial charge in [0, 0.05) is 22.1 Å². The summed E-state index contributed by atoms with van der Waals surface area (Å²) in [5.41, 5.74) is 1.81. The molecule has 0 saturated heterocycles. The van der Waals surface area contributed by atoms with Gasteiger partial charge in [-0.05, 0) is 23.8 Å². The first-order chi connectivity index (χ1) is 12.9. The zero-order chi connectivity index (χ0) is 19.4. The zero-order valence-corrected chi connectivity index (χ0v) is 16.3. The molecule has 0 radical (unpaired) electrons. The van der Waals surface area contributed by atoms with Crippen LogP contribution in [0.25, 0.3) is 0 Å². The fourth-order valence-corrected chi connectivity index (χ4v) is 4.15. The summed E-state index contributed by atoms with van der Waals surface area (Å²) in [5.74, 6) is -1.96. The predicted molar refractivity (Wildman–Crippen MR) is 108 cm³/mol. The maximum absolute atomic E-state index is 14.7. The zero-order valence-electron chi connectivity index (χ0n) is 14.7. The summed E-state index contributed by atoms with van der Waals surface area (Å²) in [5, 5.41) is 0.486. The van der Waals surface area contributed by atoms with Gasteiger partial charge in [0.25, 0.3) is 0 Å². The minimum absolute atomic E-state index is 0.130. The summed E-state index contributed by atoms with van der Waals surface area (Å²) in [4.78, 5) is 20.7. The predicted octanol–water partition coefficient (Wildman–Crippen LogP) is 6.29. The van der Waals surface area contributed by atoms with E-state index in [-0.39, 0.29) is 17.2 Å². The molecule has 0 aliphatic rings. The molecule has 27 heavy (non-hydrogen) atoms. The third kappa shape index (κ3) is 4.66. The van der Waals surface area contributed by atoms with E-state index >= 15 is 0 Å². The number of alkyl halides is 1. The van der Waals surface area contributed by atoms with E-state index in [2.05, 4.69) is 0 Å². The Morgan fingerprint density at radius 3 is 2.04 bits per heavy atom. The van der Waals surface area contributed by atoms with Crippen LogP contribution in [-0.4, -0.2) is 9.79 Å². The molecule has 3 rings (SSSR count). The SMILES string of the molecule is CC(c1ccccc1)c1cc(Cl)ccc1O[P+](O)(O)C(F)c1ccccc1. The largest absolute Gasteiger partial charge is 0.491 e. The van der Waals surface area contributed by atoms with Gasteiger partial charge in [-0.2, -0.15) is 14.2 Å². The lowest BCUT2D eigenvalue weighted by Crippen LogP contribution is -2.09. The molecule has 3 nitrogen and oxygen atoms in total. The molecule has 0 aromatic heterocycles. The van der Waals surface area contributed by atoms with Gasteiger partial charge in [-0.1, -0.05) is 79.2 Å². The van der Waals surface area contributed by atoms with Crippen molar-refractivity contribution in [3.8, 4) is 5.75 Å². The van der Waals surface area contributed by atoms with Crippen molar-refractivity contribution in [3.05, 3.63) is 101 Å².